The predicted octanol–water partition coefficient (Wildman–Crippen LogP) is 2.63. The van der Waals surface area contributed by atoms with E-state index in [1.165, 1.54) is 25.3 Å². The van der Waals surface area contributed by atoms with Gasteiger partial charge in [-0.3, -0.25) is 4.79 Å². The summed E-state index contributed by atoms with van der Waals surface area (Å²) in [4.78, 5) is 11.8. The number of hydrogen-bond donors (Lipinski definition) is 1. The summed E-state index contributed by atoms with van der Waals surface area (Å²) < 4.78 is 18.4. The van der Waals surface area contributed by atoms with Gasteiger partial charge in [-0.1, -0.05) is 11.6 Å². The lowest BCUT2D eigenvalue weighted by Crippen LogP contribution is -2.47. The fraction of sp³-hybridized carbons (Fsp3) is 0.417. The third kappa shape index (κ3) is 3.98. The second kappa shape index (κ2) is 5.47. The van der Waals surface area contributed by atoms with Gasteiger partial charge in [0.15, 0.2) is 0 Å². The molecule has 0 aliphatic carbocycles. The van der Waals surface area contributed by atoms with Crippen LogP contribution in [-0.4, -0.2) is 25.2 Å². The molecule has 5 heteroatoms. The molecule has 0 atom stereocenters. The zero-order valence-electron chi connectivity index (χ0n) is 10.0. The Morgan fingerprint density at radius 3 is 2.76 bits per heavy atom. The van der Waals surface area contributed by atoms with Gasteiger partial charge in [-0.2, -0.15) is 0 Å². The predicted molar refractivity (Wildman–Crippen MR) is 64.8 cm³/mol. The summed E-state index contributed by atoms with van der Waals surface area (Å²) in [6, 6.07) is 3.86. The molecule has 94 valence electrons. The maximum Gasteiger partial charge on any atom is 0.254 e. The summed E-state index contributed by atoms with van der Waals surface area (Å²) in [5, 5.41) is 3.00. The first-order valence-electron chi connectivity index (χ1n) is 5.12. The van der Waals surface area contributed by atoms with Crippen LogP contribution in [0.25, 0.3) is 0 Å². The molecule has 0 fully saturated rings. The standard InChI is InChI=1S/C12H15ClFNO2/c1-12(2,7-17-3)15-11(16)9-6-8(13)4-5-10(9)14/h4-6H,7H2,1-3H3,(H,15,16). The van der Waals surface area contributed by atoms with Crippen molar-refractivity contribution in [3.63, 3.8) is 0 Å². The summed E-state index contributed by atoms with van der Waals surface area (Å²) in [7, 11) is 1.54. The SMILES string of the molecule is COCC(C)(C)NC(=O)c1cc(Cl)ccc1F. The van der Waals surface area contributed by atoms with Crippen molar-refractivity contribution in [2.45, 2.75) is 19.4 Å². The molecular weight excluding hydrogens is 245 g/mol. The highest BCUT2D eigenvalue weighted by molar-refractivity contribution is 6.31. The second-order valence-corrected chi connectivity index (χ2v) is 4.83. The molecule has 0 heterocycles. The second-order valence-electron chi connectivity index (χ2n) is 4.40. The number of rotatable bonds is 4. The first-order chi connectivity index (χ1) is 7.85. The van der Waals surface area contributed by atoms with Crippen LogP contribution in [0.1, 0.15) is 24.2 Å². The summed E-state index contributed by atoms with van der Waals surface area (Å²) in [5.41, 5.74) is -0.637. The van der Waals surface area contributed by atoms with E-state index in [0.29, 0.717) is 11.6 Å². The van der Waals surface area contributed by atoms with E-state index >= 15 is 0 Å². The summed E-state index contributed by atoms with van der Waals surface area (Å²) >= 11 is 5.72. The Hall–Kier alpha value is -1.13. The number of carbonyl (C=O) groups is 1. The quantitative estimate of drug-likeness (QED) is 0.903. The van der Waals surface area contributed by atoms with E-state index in [-0.39, 0.29) is 5.56 Å². The minimum atomic E-state index is -0.597. The van der Waals surface area contributed by atoms with Crippen molar-refractivity contribution in [3.8, 4) is 0 Å². The van der Waals surface area contributed by atoms with Crippen molar-refractivity contribution in [1.82, 2.24) is 5.32 Å². The first-order valence-corrected chi connectivity index (χ1v) is 5.50. The molecule has 3 nitrogen and oxygen atoms in total. The van der Waals surface area contributed by atoms with E-state index in [4.69, 9.17) is 16.3 Å². The van der Waals surface area contributed by atoms with E-state index in [0.717, 1.165) is 0 Å². The topological polar surface area (TPSA) is 38.3 Å². The molecule has 1 rings (SSSR count). The minimum absolute atomic E-state index is 0.0679. The van der Waals surface area contributed by atoms with Gasteiger partial charge in [-0.15, -0.1) is 0 Å². The van der Waals surface area contributed by atoms with Gasteiger partial charge in [0.05, 0.1) is 17.7 Å². The number of halogens is 2. The molecule has 0 aliphatic heterocycles. The van der Waals surface area contributed by atoms with Gasteiger partial charge >= 0.3 is 0 Å². The molecule has 0 aromatic heterocycles. The number of methoxy groups -OCH3 is 1. The third-order valence-electron chi connectivity index (χ3n) is 2.13. The van der Waals surface area contributed by atoms with Crippen molar-refractivity contribution in [2.24, 2.45) is 0 Å². The number of ether oxygens (including phenoxy) is 1. The number of nitrogens with one attached hydrogen (secondary N) is 1. The summed E-state index contributed by atoms with van der Waals surface area (Å²) in [6.07, 6.45) is 0. The monoisotopic (exact) mass is 259 g/mol. The Kier molecular flexibility index (Phi) is 4.48. The highest BCUT2D eigenvalue weighted by Crippen LogP contribution is 2.16. The Balaban J connectivity index is 2.86. The average molecular weight is 260 g/mol. The van der Waals surface area contributed by atoms with E-state index in [9.17, 15) is 9.18 Å². The van der Waals surface area contributed by atoms with E-state index in [2.05, 4.69) is 5.32 Å². The molecule has 0 saturated carbocycles. The lowest BCUT2D eigenvalue weighted by atomic mass is 10.1. The van der Waals surface area contributed by atoms with E-state index < -0.39 is 17.3 Å². The molecule has 1 aromatic carbocycles. The molecule has 1 N–H and O–H groups in total. The minimum Gasteiger partial charge on any atom is -0.382 e. The van der Waals surface area contributed by atoms with Gasteiger partial charge in [-0.25, -0.2) is 4.39 Å². The first kappa shape index (κ1) is 13.9. The fourth-order valence-electron chi connectivity index (χ4n) is 1.44. The van der Waals surface area contributed by atoms with Gasteiger partial charge in [-0.05, 0) is 32.0 Å². The summed E-state index contributed by atoms with van der Waals surface area (Å²) in [5.74, 6) is -1.10. The molecule has 1 aromatic rings. The number of benzene rings is 1. The molecule has 0 aliphatic rings. The van der Waals surface area contributed by atoms with Gasteiger partial charge in [0.25, 0.3) is 5.91 Å². The maximum absolute atomic E-state index is 13.4. The van der Waals surface area contributed by atoms with Gasteiger partial charge in [0.2, 0.25) is 0 Å². The van der Waals surface area contributed by atoms with Gasteiger partial charge in [0.1, 0.15) is 5.82 Å². The lowest BCUT2D eigenvalue weighted by Gasteiger charge is -2.25. The lowest BCUT2D eigenvalue weighted by molar-refractivity contribution is 0.0816. The Labute approximate surface area is 105 Å². The van der Waals surface area contributed by atoms with Crippen LogP contribution in [0.2, 0.25) is 5.02 Å². The smallest absolute Gasteiger partial charge is 0.254 e. The third-order valence-corrected chi connectivity index (χ3v) is 2.37. The van der Waals surface area contributed by atoms with Crippen LogP contribution in [0.4, 0.5) is 4.39 Å². The van der Waals surface area contributed by atoms with Crippen molar-refractivity contribution in [3.05, 3.63) is 34.6 Å². The largest absolute Gasteiger partial charge is 0.382 e. The van der Waals surface area contributed by atoms with Gasteiger partial charge in [0, 0.05) is 12.1 Å². The van der Waals surface area contributed by atoms with Crippen LogP contribution in [0, 0.1) is 5.82 Å². The molecular formula is C12H15ClFNO2. The van der Waals surface area contributed by atoms with Crippen LogP contribution in [0.15, 0.2) is 18.2 Å². The Bertz CT molecular complexity index is 421. The molecule has 1 amide bonds. The molecule has 0 radical (unpaired) electrons. The van der Waals surface area contributed by atoms with Crippen LogP contribution >= 0.6 is 11.6 Å². The molecule has 0 saturated heterocycles. The normalized spacial score (nSPS) is 11.4. The number of amides is 1. The number of hydrogen-bond acceptors (Lipinski definition) is 2. The van der Waals surface area contributed by atoms with Crippen LogP contribution in [-0.2, 0) is 4.74 Å². The summed E-state index contributed by atoms with van der Waals surface area (Å²) in [6.45, 7) is 3.91. The Morgan fingerprint density at radius 2 is 2.18 bits per heavy atom. The van der Waals surface area contributed by atoms with Crippen LogP contribution in [0.5, 0.6) is 0 Å². The zero-order valence-corrected chi connectivity index (χ0v) is 10.8. The van der Waals surface area contributed by atoms with Crippen LogP contribution < -0.4 is 5.32 Å². The maximum atomic E-state index is 13.4. The fourth-order valence-corrected chi connectivity index (χ4v) is 1.62. The van der Waals surface area contributed by atoms with Crippen molar-refractivity contribution in [2.75, 3.05) is 13.7 Å². The molecule has 0 spiro atoms. The van der Waals surface area contributed by atoms with Crippen molar-refractivity contribution >= 4 is 17.5 Å². The van der Waals surface area contributed by atoms with Gasteiger partial charge < -0.3 is 10.1 Å². The number of carbonyl (C=O) groups excluding carboxylic acids is 1. The van der Waals surface area contributed by atoms with Crippen molar-refractivity contribution < 1.29 is 13.9 Å². The van der Waals surface area contributed by atoms with Crippen LogP contribution in [0.3, 0.4) is 0 Å². The average Bonchev–Trinajstić information content (AvgIpc) is 2.20. The Morgan fingerprint density at radius 1 is 1.53 bits per heavy atom. The van der Waals surface area contributed by atoms with Crippen molar-refractivity contribution in [1.29, 1.82) is 0 Å². The molecule has 0 bridgehead atoms. The van der Waals surface area contributed by atoms with E-state index in [1.54, 1.807) is 13.8 Å². The highest BCUT2D eigenvalue weighted by atomic mass is 35.5. The zero-order chi connectivity index (χ0) is 13.1. The molecule has 0 unspecified atom stereocenters. The van der Waals surface area contributed by atoms with E-state index in [1.807, 2.05) is 0 Å². The highest BCUT2D eigenvalue weighted by Gasteiger charge is 2.22. The molecule has 17 heavy (non-hydrogen) atoms.